The van der Waals surface area contributed by atoms with Crippen LogP contribution in [0.15, 0.2) is 0 Å². The largest absolute Gasteiger partial charge is 0.118 e. The van der Waals surface area contributed by atoms with E-state index in [0.29, 0.717) is 5.92 Å². The summed E-state index contributed by atoms with van der Waals surface area (Å²) in [4.78, 5) is 0. The lowest BCUT2D eigenvalue weighted by atomic mass is 9.85. The van der Waals surface area contributed by atoms with Crippen molar-refractivity contribution in [1.82, 2.24) is 0 Å². The summed E-state index contributed by atoms with van der Waals surface area (Å²) >= 11 is 6.66. The van der Waals surface area contributed by atoms with Gasteiger partial charge in [-0.05, 0) is 73.9 Å². The zero-order valence-corrected chi connectivity index (χ0v) is 13.0. The molecule has 1 rings (SSSR count). The third-order valence-electron chi connectivity index (χ3n) is 4.48. The fourth-order valence-electron chi connectivity index (χ4n) is 2.43. The van der Waals surface area contributed by atoms with Crippen LogP contribution in [0, 0.1) is 40.5 Å². The summed E-state index contributed by atoms with van der Waals surface area (Å²) in [5, 5.41) is 0.137. The van der Waals surface area contributed by atoms with Crippen LogP contribution in [-0.2, 0) is 0 Å². The topological polar surface area (TPSA) is 0 Å². The van der Waals surface area contributed by atoms with E-state index >= 15 is 0 Å². The number of benzene rings is 1. The first-order valence-corrected chi connectivity index (χ1v) is 6.97. The zero-order chi connectivity index (χ0) is 13.3. The lowest BCUT2D eigenvalue weighted by Crippen LogP contribution is -2.10. The average molecular weight is 253 g/mol. The second-order valence-corrected chi connectivity index (χ2v) is 5.80. The van der Waals surface area contributed by atoms with Crippen molar-refractivity contribution in [3.05, 3.63) is 33.4 Å². The van der Waals surface area contributed by atoms with Gasteiger partial charge in [0.1, 0.15) is 0 Å². The molecule has 0 spiro atoms. The van der Waals surface area contributed by atoms with Crippen molar-refractivity contribution in [1.29, 1.82) is 0 Å². The molecule has 0 saturated carbocycles. The Morgan fingerprint density at radius 3 is 1.53 bits per heavy atom. The van der Waals surface area contributed by atoms with Gasteiger partial charge in [0.15, 0.2) is 0 Å². The van der Waals surface area contributed by atoms with Gasteiger partial charge in [-0.25, -0.2) is 0 Å². The molecule has 0 heterocycles. The molecule has 2 unspecified atom stereocenters. The van der Waals surface area contributed by atoms with Gasteiger partial charge in [0.2, 0.25) is 0 Å². The molecule has 0 fully saturated rings. The van der Waals surface area contributed by atoms with E-state index in [1.807, 2.05) is 0 Å². The first-order chi connectivity index (χ1) is 7.82. The van der Waals surface area contributed by atoms with Crippen LogP contribution in [-0.4, -0.2) is 0 Å². The Kier molecular flexibility index (Phi) is 4.66. The lowest BCUT2D eigenvalue weighted by molar-refractivity contribution is 0.539. The predicted molar refractivity (Wildman–Crippen MR) is 78.2 cm³/mol. The van der Waals surface area contributed by atoms with E-state index < -0.39 is 0 Å². The highest BCUT2D eigenvalue weighted by Gasteiger charge is 2.22. The predicted octanol–water partition coefficient (Wildman–Crippen LogP) is 5.55. The van der Waals surface area contributed by atoms with Crippen molar-refractivity contribution >= 4 is 11.6 Å². The number of hydrogen-bond acceptors (Lipinski definition) is 0. The highest BCUT2D eigenvalue weighted by Crippen LogP contribution is 2.38. The molecule has 0 N–H and O–H groups in total. The molecule has 2 atom stereocenters. The highest BCUT2D eigenvalue weighted by molar-refractivity contribution is 6.21. The van der Waals surface area contributed by atoms with Gasteiger partial charge in [0.25, 0.3) is 0 Å². The third kappa shape index (κ3) is 2.52. The number of alkyl halides is 1. The molecular formula is C16H25Cl. The van der Waals surface area contributed by atoms with Crippen LogP contribution >= 0.6 is 11.6 Å². The van der Waals surface area contributed by atoms with Crippen LogP contribution in [0.2, 0.25) is 0 Å². The second kappa shape index (κ2) is 5.44. The first kappa shape index (κ1) is 14.6. The maximum Gasteiger partial charge on any atom is 0.0616 e. The third-order valence-corrected chi connectivity index (χ3v) is 5.13. The summed E-state index contributed by atoms with van der Waals surface area (Å²) < 4.78 is 0. The minimum atomic E-state index is 0.137. The Balaban J connectivity index is 3.44. The minimum Gasteiger partial charge on any atom is -0.118 e. The summed E-state index contributed by atoms with van der Waals surface area (Å²) in [6.45, 7) is 15.5. The standard InChI is InChI=1S/C16H25Cl/c1-8-9(2)16(17)15-13(6)11(4)10(3)12(5)14(15)7/h9,16H,8H2,1-7H3. The van der Waals surface area contributed by atoms with Crippen LogP contribution in [0.3, 0.4) is 0 Å². The van der Waals surface area contributed by atoms with E-state index in [1.165, 1.54) is 33.4 Å². The van der Waals surface area contributed by atoms with E-state index in [1.54, 1.807) is 0 Å². The van der Waals surface area contributed by atoms with Crippen molar-refractivity contribution in [3.63, 3.8) is 0 Å². The molecule has 0 aliphatic carbocycles. The van der Waals surface area contributed by atoms with Gasteiger partial charge in [-0.1, -0.05) is 20.3 Å². The summed E-state index contributed by atoms with van der Waals surface area (Å²) in [6.07, 6.45) is 1.12. The molecule has 0 amide bonds. The minimum absolute atomic E-state index is 0.137. The fourth-order valence-corrected chi connectivity index (χ4v) is 2.94. The van der Waals surface area contributed by atoms with Crippen LogP contribution in [0.4, 0.5) is 0 Å². The molecule has 96 valence electrons. The maximum absolute atomic E-state index is 6.66. The highest BCUT2D eigenvalue weighted by atomic mass is 35.5. The average Bonchev–Trinajstić information content (AvgIpc) is 2.32. The lowest BCUT2D eigenvalue weighted by Gasteiger charge is -2.25. The molecule has 0 bridgehead atoms. The summed E-state index contributed by atoms with van der Waals surface area (Å²) in [6, 6.07) is 0. The molecular weight excluding hydrogens is 228 g/mol. The molecule has 1 heteroatoms. The number of hydrogen-bond donors (Lipinski definition) is 0. The van der Waals surface area contributed by atoms with Crippen molar-refractivity contribution in [2.45, 2.75) is 60.3 Å². The smallest absolute Gasteiger partial charge is 0.0616 e. The van der Waals surface area contributed by atoms with E-state index in [2.05, 4.69) is 48.5 Å². The van der Waals surface area contributed by atoms with E-state index in [-0.39, 0.29) is 5.38 Å². The monoisotopic (exact) mass is 252 g/mol. The zero-order valence-electron chi connectivity index (χ0n) is 12.2. The molecule has 1 aromatic carbocycles. The van der Waals surface area contributed by atoms with Crippen molar-refractivity contribution in [3.8, 4) is 0 Å². The molecule has 17 heavy (non-hydrogen) atoms. The Labute approximate surface area is 111 Å². The van der Waals surface area contributed by atoms with Crippen LogP contribution < -0.4 is 0 Å². The van der Waals surface area contributed by atoms with E-state index in [0.717, 1.165) is 6.42 Å². The van der Waals surface area contributed by atoms with Crippen molar-refractivity contribution in [2.24, 2.45) is 5.92 Å². The van der Waals surface area contributed by atoms with E-state index in [4.69, 9.17) is 11.6 Å². The van der Waals surface area contributed by atoms with E-state index in [9.17, 15) is 0 Å². The van der Waals surface area contributed by atoms with Gasteiger partial charge in [0, 0.05) is 0 Å². The Bertz CT molecular complexity index is 389. The Morgan fingerprint density at radius 1 is 0.824 bits per heavy atom. The summed E-state index contributed by atoms with van der Waals surface area (Å²) in [5.74, 6) is 0.524. The van der Waals surface area contributed by atoms with Gasteiger partial charge >= 0.3 is 0 Å². The van der Waals surface area contributed by atoms with Crippen LogP contribution in [0.1, 0.15) is 59.0 Å². The molecule has 1 aromatic rings. The first-order valence-electron chi connectivity index (χ1n) is 6.53. The Morgan fingerprint density at radius 2 is 1.18 bits per heavy atom. The summed E-state index contributed by atoms with van der Waals surface area (Å²) in [5.41, 5.74) is 8.34. The van der Waals surface area contributed by atoms with Crippen molar-refractivity contribution < 1.29 is 0 Å². The summed E-state index contributed by atoms with van der Waals surface area (Å²) in [7, 11) is 0. The van der Waals surface area contributed by atoms with Gasteiger partial charge in [0.05, 0.1) is 5.38 Å². The van der Waals surface area contributed by atoms with Gasteiger partial charge in [-0.2, -0.15) is 0 Å². The molecule has 0 radical (unpaired) electrons. The van der Waals surface area contributed by atoms with Gasteiger partial charge in [-0.3, -0.25) is 0 Å². The maximum atomic E-state index is 6.66. The fraction of sp³-hybridized carbons (Fsp3) is 0.625. The molecule has 0 aromatic heterocycles. The second-order valence-electron chi connectivity index (χ2n) is 5.33. The quantitative estimate of drug-likeness (QED) is 0.619. The Hall–Kier alpha value is -0.490. The van der Waals surface area contributed by atoms with Gasteiger partial charge < -0.3 is 0 Å². The molecule has 0 aliphatic heterocycles. The number of halogens is 1. The molecule has 0 nitrogen and oxygen atoms in total. The normalized spacial score (nSPS) is 14.8. The van der Waals surface area contributed by atoms with Crippen LogP contribution in [0.5, 0.6) is 0 Å². The van der Waals surface area contributed by atoms with Gasteiger partial charge in [-0.15, -0.1) is 11.6 Å². The van der Waals surface area contributed by atoms with Crippen molar-refractivity contribution in [2.75, 3.05) is 0 Å². The molecule has 0 saturated heterocycles. The van der Waals surface area contributed by atoms with Crippen LogP contribution in [0.25, 0.3) is 0 Å². The SMILES string of the molecule is CCC(C)C(Cl)c1c(C)c(C)c(C)c(C)c1C. The number of rotatable bonds is 3. The molecule has 0 aliphatic rings.